The molecule has 0 fully saturated rings. The molecule has 5 nitrogen and oxygen atoms in total. The molecule has 0 amide bonds. The average Bonchev–Trinajstić information content (AvgIpc) is 2.24. The van der Waals surface area contributed by atoms with Crippen molar-refractivity contribution in [2.45, 2.75) is 34.1 Å². The Labute approximate surface area is 104 Å². The summed E-state index contributed by atoms with van der Waals surface area (Å²) in [4.78, 5) is 0. The molecule has 0 aromatic carbocycles. The number of hydrogen-bond donors (Lipinski definition) is 1. The third-order valence-corrected chi connectivity index (χ3v) is 3.71. The largest absolute Gasteiger partial charge is 0.411 e. The van der Waals surface area contributed by atoms with Crippen molar-refractivity contribution in [3.63, 3.8) is 0 Å². The van der Waals surface area contributed by atoms with Crippen molar-refractivity contribution in [2.75, 3.05) is 19.4 Å². The smallest absolute Gasteiger partial charge is 0.331 e. The monoisotopic (exact) mass is 265 g/mol. The zero-order chi connectivity index (χ0) is 13.3. The molecule has 0 saturated carbocycles. The molecular formula is C11H24NO4P. The Morgan fingerprint density at radius 2 is 1.65 bits per heavy atom. The van der Waals surface area contributed by atoms with Gasteiger partial charge in [-0.1, -0.05) is 27.7 Å². The molecule has 0 aliphatic carbocycles. The fourth-order valence-electron chi connectivity index (χ4n) is 0.965. The second kappa shape index (κ2) is 8.67. The first-order valence-electron chi connectivity index (χ1n) is 5.93. The zero-order valence-electron chi connectivity index (χ0n) is 11.1. The van der Waals surface area contributed by atoms with Gasteiger partial charge in [0.05, 0.1) is 19.4 Å². The number of oxime groups is 1. The van der Waals surface area contributed by atoms with E-state index in [1.165, 1.54) is 6.21 Å². The second-order valence-corrected chi connectivity index (χ2v) is 6.99. The van der Waals surface area contributed by atoms with E-state index in [9.17, 15) is 4.57 Å². The number of rotatable bonds is 9. The van der Waals surface area contributed by atoms with Crippen LogP contribution in [0.4, 0.5) is 0 Å². The van der Waals surface area contributed by atoms with E-state index >= 15 is 0 Å². The Hall–Kier alpha value is -0.380. The third-order valence-electron chi connectivity index (χ3n) is 1.82. The third kappa shape index (κ3) is 9.33. The Balaban J connectivity index is 4.29. The van der Waals surface area contributed by atoms with Crippen LogP contribution in [0.15, 0.2) is 5.16 Å². The van der Waals surface area contributed by atoms with Crippen molar-refractivity contribution in [2.24, 2.45) is 17.0 Å². The Kier molecular flexibility index (Phi) is 8.48. The van der Waals surface area contributed by atoms with E-state index in [4.69, 9.17) is 14.3 Å². The van der Waals surface area contributed by atoms with Gasteiger partial charge in [0.1, 0.15) is 0 Å². The van der Waals surface area contributed by atoms with Crippen LogP contribution in [0.5, 0.6) is 0 Å². The summed E-state index contributed by atoms with van der Waals surface area (Å²) in [5.74, 6) is 0.606. The van der Waals surface area contributed by atoms with Crippen molar-refractivity contribution in [3.8, 4) is 0 Å². The molecular weight excluding hydrogens is 241 g/mol. The van der Waals surface area contributed by atoms with Crippen molar-refractivity contribution >= 4 is 13.8 Å². The van der Waals surface area contributed by atoms with Gasteiger partial charge >= 0.3 is 7.60 Å². The number of hydrogen-bond acceptors (Lipinski definition) is 5. The van der Waals surface area contributed by atoms with Gasteiger partial charge in [-0.3, -0.25) is 4.57 Å². The van der Waals surface area contributed by atoms with Crippen LogP contribution in [0, 0.1) is 11.8 Å². The maximum absolute atomic E-state index is 12.3. The molecule has 0 aromatic heterocycles. The summed E-state index contributed by atoms with van der Waals surface area (Å²) in [7, 11) is -3.06. The highest BCUT2D eigenvalue weighted by atomic mass is 31.2. The van der Waals surface area contributed by atoms with Crippen molar-refractivity contribution in [1.29, 1.82) is 0 Å². The van der Waals surface area contributed by atoms with Gasteiger partial charge in [-0.05, 0) is 18.3 Å². The van der Waals surface area contributed by atoms with E-state index < -0.39 is 7.60 Å². The first-order chi connectivity index (χ1) is 7.89. The summed E-state index contributed by atoms with van der Waals surface area (Å²) in [6, 6.07) is 0. The van der Waals surface area contributed by atoms with Crippen LogP contribution in [0.2, 0.25) is 0 Å². The maximum atomic E-state index is 12.3. The molecule has 0 atom stereocenters. The predicted octanol–water partition coefficient (Wildman–Crippen LogP) is 3.37. The van der Waals surface area contributed by atoms with Crippen LogP contribution in [0.25, 0.3) is 0 Å². The van der Waals surface area contributed by atoms with Crippen LogP contribution < -0.4 is 0 Å². The Morgan fingerprint density at radius 1 is 1.18 bits per heavy atom. The quantitative estimate of drug-likeness (QED) is 0.300. The number of nitrogens with zero attached hydrogens (tertiary/aromatic N) is 1. The van der Waals surface area contributed by atoms with Gasteiger partial charge in [0.15, 0.2) is 0 Å². The SMILES string of the molecule is CC(C)COP(=O)(CCC=NO)OCC(C)C. The van der Waals surface area contributed by atoms with Crippen molar-refractivity contribution < 1.29 is 18.8 Å². The normalized spacial score (nSPS) is 13.1. The van der Waals surface area contributed by atoms with Crippen LogP contribution in [0.3, 0.4) is 0 Å². The molecule has 6 heteroatoms. The van der Waals surface area contributed by atoms with E-state index in [0.29, 0.717) is 31.5 Å². The van der Waals surface area contributed by atoms with Crippen molar-refractivity contribution in [1.82, 2.24) is 0 Å². The van der Waals surface area contributed by atoms with E-state index in [-0.39, 0.29) is 6.16 Å². The second-order valence-electron chi connectivity index (χ2n) is 4.80. The van der Waals surface area contributed by atoms with Gasteiger partial charge in [0.2, 0.25) is 0 Å². The lowest BCUT2D eigenvalue weighted by atomic mass is 10.2. The molecule has 1 N–H and O–H groups in total. The van der Waals surface area contributed by atoms with Crippen molar-refractivity contribution in [3.05, 3.63) is 0 Å². The van der Waals surface area contributed by atoms with Gasteiger partial charge in [-0.25, -0.2) is 0 Å². The minimum Gasteiger partial charge on any atom is -0.411 e. The van der Waals surface area contributed by atoms with E-state index in [1.807, 2.05) is 27.7 Å². The molecule has 0 unspecified atom stereocenters. The lowest BCUT2D eigenvalue weighted by molar-refractivity contribution is 0.173. The minimum atomic E-state index is -3.06. The summed E-state index contributed by atoms with van der Waals surface area (Å²) in [6.45, 7) is 8.77. The van der Waals surface area contributed by atoms with Crippen LogP contribution in [-0.4, -0.2) is 30.8 Å². The van der Waals surface area contributed by atoms with E-state index in [0.717, 1.165) is 0 Å². The molecule has 0 rings (SSSR count). The molecule has 0 bridgehead atoms. The highest BCUT2D eigenvalue weighted by molar-refractivity contribution is 7.53. The highest BCUT2D eigenvalue weighted by Gasteiger charge is 2.24. The van der Waals surface area contributed by atoms with Gasteiger partial charge in [-0.15, -0.1) is 5.16 Å². The fourth-order valence-corrected chi connectivity index (χ4v) is 2.78. The summed E-state index contributed by atoms with van der Waals surface area (Å²) < 4.78 is 23.1. The maximum Gasteiger partial charge on any atom is 0.331 e. The van der Waals surface area contributed by atoms with Gasteiger partial charge in [0, 0.05) is 6.21 Å². The Bertz CT molecular complexity index is 250. The minimum absolute atomic E-state index is 0.247. The summed E-state index contributed by atoms with van der Waals surface area (Å²) >= 11 is 0. The topological polar surface area (TPSA) is 68.1 Å². The molecule has 0 spiro atoms. The summed E-state index contributed by atoms with van der Waals surface area (Å²) in [5.41, 5.74) is 0. The van der Waals surface area contributed by atoms with Crippen LogP contribution in [-0.2, 0) is 13.6 Å². The zero-order valence-corrected chi connectivity index (χ0v) is 12.0. The highest BCUT2D eigenvalue weighted by Crippen LogP contribution is 2.49. The molecule has 0 aromatic rings. The first-order valence-corrected chi connectivity index (χ1v) is 7.66. The molecule has 0 saturated heterocycles. The molecule has 0 heterocycles. The van der Waals surface area contributed by atoms with E-state index in [1.54, 1.807) is 0 Å². The summed E-state index contributed by atoms with van der Waals surface area (Å²) in [5, 5.41) is 11.2. The molecule has 0 aliphatic heterocycles. The van der Waals surface area contributed by atoms with Gasteiger partial charge < -0.3 is 14.3 Å². The molecule has 102 valence electrons. The average molecular weight is 265 g/mol. The predicted molar refractivity (Wildman–Crippen MR) is 68.9 cm³/mol. The van der Waals surface area contributed by atoms with Gasteiger partial charge in [0.25, 0.3) is 0 Å². The lowest BCUT2D eigenvalue weighted by Crippen LogP contribution is -2.08. The summed E-state index contributed by atoms with van der Waals surface area (Å²) in [6.07, 6.45) is 1.92. The molecule has 0 radical (unpaired) electrons. The fraction of sp³-hybridized carbons (Fsp3) is 0.909. The van der Waals surface area contributed by atoms with Gasteiger partial charge in [-0.2, -0.15) is 0 Å². The molecule has 17 heavy (non-hydrogen) atoms. The van der Waals surface area contributed by atoms with Crippen LogP contribution >= 0.6 is 7.60 Å². The first kappa shape index (κ1) is 16.6. The Morgan fingerprint density at radius 3 is 2.00 bits per heavy atom. The molecule has 0 aliphatic rings. The van der Waals surface area contributed by atoms with E-state index in [2.05, 4.69) is 5.16 Å². The standard InChI is InChI=1S/C11H24NO4P/c1-10(2)8-15-17(14,7-5-6-12-13)16-9-11(3)4/h6,10-11,13H,5,7-9H2,1-4H3. The lowest BCUT2D eigenvalue weighted by Gasteiger charge is -2.20. The van der Waals surface area contributed by atoms with Crippen LogP contribution in [0.1, 0.15) is 34.1 Å².